The van der Waals surface area contributed by atoms with Crippen molar-refractivity contribution in [2.75, 3.05) is 20.1 Å². The summed E-state index contributed by atoms with van der Waals surface area (Å²) in [5.41, 5.74) is 6.45. The van der Waals surface area contributed by atoms with Gasteiger partial charge in [-0.1, -0.05) is 30.3 Å². The first kappa shape index (κ1) is 13.7. The number of rotatable bonds is 7. The number of primary amides is 1. The van der Waals surface area contributed by atoms with Crippen LogP contribution in [0.3, 0.4) is 0 Å². The molecule has 0 saturated carbocycles. The Balaban J connectivity index is 2.22. The monoisotopic (exact) mass is 235 g/mol. The topological polar surface area (TPSA) is 58.4 Å². The van der Waals surface area contributed by atoms with Crippen molar-refractivity contribution in [3.63, 3.8) is 0 Å². The molecule has 4 nitrogen and oxygen atoms in total. The van der Waals surface area contributed by atoms with Gasteiger partial charge >= 0.3 is 0 Å². The molecule has 1 aromatic carbocycles. The smallest absolute Gasteiger partial charge is 0.234 e. The lowest BCUT2D eigenvalue weighted by molar-refractivity contribution is -0.119. The lowest BCUT2D eigenvalue weighted by Gasteiger charge is -2.18. The molecule has 17 heavy (non-hydrogen) atoms. The molecule has 3 N–H and O–H groups in total. The third-order valence-corrected chi connectivity index (χ3v) is 2.67. The predicted octanol–water partition coefficient (Wildman–Crippen LogP) is 0.582. The predicted molar refractivity (Wildman–Crippen MR) is 69.4 cm³/mol. The summed E-state index contributed by atoms with van der Waals surface area (Å²) in [6, 6.07) is 10.0. The fourth-order valence-electron chi connectivity index (χ4n) is 1.55. The zero-order chi connectivity index (χ0) is 12.7. The molecule has 0 aliphatic heterocycles. The average molecular weight is 235 g/mol. The van der Waals surface area contributed by atoms with Gasteiger partial charge in [0.15, 0.2) is 0 Å². The molecule has 0 fully saturated rings. The van der Waals surface area contributed by atoms with E-state index in [-0.39, 0.29) is 11.9 Å². The van der Waals surface area contributed by atoms with Crippen LogP contribution in [0.15, 0.2) is 30.3 Å². The van der Waals surface area contributed by atoms with Gasteiger partial charge in [0.1, 0.15) is 0 Å². The van der Waals surface area contributed by atoms with Gasteiger partial charge in [-0.25, -0.2) is 0 Å². The van der Waals surface area contributed by atoms with Crippen LogP contribution >= 0.6 is 0 Å². The highest BCUT2D eigenvalue weighted by molar-refractivity contribution is 5.79. The van der Waals surface area contributed by atoms with Gasteiger partial charge in [0.2, 0.25) is 5.91 Å². The summed E-state index contributed by atoms with van der Waals surface area (Å²) in [4.78, 5) is 13.0. The minimum Gasteiger partial charge on any atom is -0.368 e. The van der Waals surface area contributed by atoms with E-state index in [1.165, 1.54) is 5.56 Å². The number of hydrogen-bond acceptors (Lipinski definition) is 3. The van der Waals surface area contributed by atoms with Crippen LogP contribution in [0.25, 0.3) is 0 Å². The van der Waals surface area contributed by atoms with E-state index in [1.807, 2.05) is 18.2 Å². The second kappa shape index (κ2) is 7.04. The summed E-state index contributed by atoms with van der Waals surface area (Å²) in [7, 11) is 2.06. The SMILES string of the molecule is CC(NCCN(C)Cc1ccccc1)C(N)=O. The molecule has 0 radical (unpaired) electrons. The molecule has 0 bridgehead atoms. The van der Waals surface area contributed by atoms with Crippen LogP contribution < -0.4 is 11.1 Å². The zero-order valence-electron chi connectivity index (χ0n) is 10.5. The number of amides is 1. The number of carbonyl (C=O) groups is 1. The van der Waals surface area contributed by atoms with E-state index < -0.39 is 0 Å². The standard InChI is InChI=1S/C13H21N3O/c1-11(13(14)17)15-8-9-16(2)10-12-6-4-3-5-7-12/h3-7,11,15H,8-10H2,1-2H3,(H2,14,17). The van der Waals surface area contributed by atoms with Gasteiger partial charge in [-0.3, -0.25) is 4.79 Å². The molecule has 0 aliphatic rings. The third-order valence-electron chi connectivity index (χ3n) is 2.67. The number of nitrogens with zero attached hydrogens (tertiary/aromatic N) is 1. The largest absolute Gasteiger partial charge is 0.368 e. The summed E-state index contributed by atoms with van der Waals surface area (Å²) in [6.45, 7) is 4.33. The molecule has 1 rings (SSSR count). The number of hydrogen-bond donors (Lipinski definition) is 2. The molecule has 1 aromatic rings. The van der Waals surface area contributed by atoms with Crippen LogP contribution in [0.5, 0.6) is 0 Å². The van der Waals surface area contributed by atoms with Crippen molar-refractivity contribution in [1.82, 2.24) is 10.2 Å². The summed E-state index contributed by atoms with van der Waals surface area (Å²) in [5, 5.41) is 3.08. The van der Waals surface area contributed by atoms with Crippen molar-refractivity contribution in [3.05, 3.63) is 35.9 Å². The summed E-state index contributed by atoms with van der Waals surface area (Å²) >= 11 is 0. The van der Waals surface area contributed by atoms with E-state index in [4.69, 9.17) is 5.73 Å². The van der Waals surface area contributed by atoms with Gasteiger partial charge < -0.3 is 16.0 Å². The van der Waals surface area contributed by atoms with Gasteiger partial charge in [0.25, 0.3) is 0 Å². The lowest BCUT2D eigenvalue weighted by Crippen LogP contribution is -2.41. The molecule has 0 spiro atoms. The molecule has 0 saturated heterocycles. The minimum absolute atomic E-state index is 0.264. The minimum atomic E-state index is -0.310. The second-order valence-corrected chi connectivity index (χ2v) is 4.30. The summed E-state index contributed by atoms with van der Waals surface area (Å²) in [6.07, 6.45) is 0. The molecule has 94 valence electrons. The van der Waals surface area contributed by atoms with Gasteiger partial charge in [0, 0.05) is 19.6 Å². The number of nitrogens with two attached hydrogens (primary N) is 1. The second-order valence-electron chi connectivity index (χ2n) is 4.30. The van der Waals surface area contributed by atoms with E-state index >= 15 is 0 Å². The highest BCUT2D eigenvalue weighted by Crippen LogP contribution is 2.01. The highest BCUT2D eigenvalue weighted by atomic mass is 16.1. The van der Waals surface area contributed by atoms with Crippen molar-refractivity contribution in [1.29, 1.82) is 0 Å². The van der Waals surface area contributed by atoms with E-state index in [1.54, 1.807) is 6.92 Å². The van der Waals surface area contributed by atoms with E-state index in [9.17, 15) is 4.79 Å². The normalized spacial score (nSPS) is 12.6. The van der Waals surface area contributed by atoms with Gasteiger partial charge in [-0.15, -0.1) is 0 Å². The fourth-order valence-corrected chi connectivity index (χ4v) is 1.55. The molecule has 1 amide bonds. The number of carbonyl (C=O) groups excluding carboxylic acids is 1. The summed E-state index contributed by atoms with van der Waals surface area (Å²) < 4.78 is 0. The van der Waals surface area contributed by atoms with Crippen molar-refractivity contribution < 1.29 is 4.79 Å². The van der Waals surface area contributed by atoms with Crippen molar-refractivity contribution in [3.8, 4) is 0 Å². The molecule has 4 heteroatoms. The Labute approximate surface area is 103 Å². The number of nitrogens with one attached hydrogen (secondary N) is 1. The Bertz CT molecular complexity index is 340. The number of benzene rings is 1. The maximum Gasteiger partial charge on any atom is 0.234 e. The van der Waals surface area contributed by atoms with Crippen LogP contribution in [-0.2, 0) is 11.3 Å². The maximum absolute atomic E-state index is 10.8. The first-order chi connectivity index (χ1) is 8.09. The Morgan fingerprint density at radius 2 is 2.06 bits per heavy atom. The van der Waals surface area contributed by atoms with E-state index in [2.05, 4.69) is 29.4 Å². The third kappa shape index (κ3) is 5.47. The molecule has 0 heterocycles. The van der Waals surface area contributed by atoms with Gasteiger partial charge in [-0.2, -0.15) is 0 Å². The molecule has 0 aromatic heterocycles. The van der Waals surface area contributed by atoms with Crippen LogP contribution in [0.4, 0.5) is 0 Å². The fraction of sp³-hybridized carbons (Fsp3) is 0.462. The first-order valence-corrected chi connectivity index (χ1v) is 5.84. The van der Waals surface area contributed by atoms with Crippen LogP contribution in [0.2, 0.25) is 0 Å². The molecule has 0 aliphatic carbocycles. The van der Waals surface area contributed by atoms with Gasteiger partial charge in [-0.05, 0) is 19.5 Å². The summed E-state index contributed by atoms with van der Waals surface area (Å²) in [5.74, 6) is -0.310. The Morgan fingerprint density at radius 3 is 2.65 bits per heavy atom. The molecule has 1 atom stereocenters. The molecular formula is C13H21N3O. The Kier molecular flexibility index (Phi) is 5.66. The lowest BCUT2D eigenvalue weighted by atomic mass is 10.2. The highest BCUT2D eigenvalue weighted by Gasteiger charge is 2.07. The first-order valence-electron chi connectivity index (χ1n) is 5.84. The zero-order valence-corrected chi connectivity index (χ0v) is 10.5. The van der Waals surface area contributed by atoms with Crippen LogP contribution in [-0.4, -0.2) is 37.0 Å². The molecular weight excluding hydrogens is 214 g/mol. The average Bonchev–Trinajstić information content (AvgIpc) is 2.30. The van der Waals surface area contributed by atoms with Crippen molar-refractivity contribution in [2.24, 2.45) is 5.73 Å². The van der Waals surface area contributed by atoms with Gasteiger partial charge in [0.05, 0.1) is 6.04 Å². The quantitative estimate of drug-likeness (QED) is 0.727. The molecule has 1 unspecified atom stereocenters. The van der Waals surface area contributed by atoms with Crippen LogP contribution in [0.1, 0.15) is 12.5 Å². The van der Waals surface area contributed by atoms with Crippen molar-refractivity contribution >= 4 is 5.91 Å². The number of likely N-dealkylation sites (N-methyl/N-ethyl adjacent to an activating group) is 1. The van der Waals surface area contributed by atoms with E-state index in [0.717, 1.165) is 19.6 Å². The van der Waals surface area contributed by atoms with Crippen LogP contribution in [0, 0.1) is 0 Å². The van der Waals surface area contributed by atoms with E-state index in [0.29, 0.717) is 0 Å². The maximum atomic E-state index is 10.8. The Hall–Kier alpha value is -1.39. The Morgan fingerprint density at radius 1 is 1.41 bits per heavy atom. The van der Waals surface area contributed by atoms with Crippen molar-refractivity contribution in [2.45, 2.75) is 19.5 Å².